The standard InChI is InChI=1S/C13H16ClFN2O/c1-17-6-2-3-10-7-9(4-5-11(10)17)8-16-13(18)12(14)15/h4-5,7,12H,2-3,6,8H2,1H3,(H,16,18). The molecule has 0 saturated heterocycles. The molecular weight excluding hydrogens is 255 g/mol. The highest BCUT2D eigenvalue weighted by atomic mass is 35.5. The van der Waals surface area contributed by atoms with Crippen molar-refractivity contribution in [2.45, 2.75) is 25.0 Å². The predicted molar refractivity (Wildman–Crippen MR) is 70.6 cm³/mol. The zero-order valence-corrected chi connectivity index (χ0v) is 11.0. The molecule has 1 aromatic carbocycles. The minimum absolute atomic E-state index is 0.308. The van der Waals surface area contributed by atoms with Crippen LogP contribution in [-0.4, -0.2) is 25.1 Å². The molecule has 1 amide bonds. The number of carbonyl (C=O) groups is 1. The summed E-state index contributed by atoms with van der Waals surface area (Å²) in [6.07, 6.45) is 2.18. The molecule has 1 atom stereocenters. The third-order valence-electron chi connectivity index (χ3n) is 3.16. The molecule has 0 bridgehead atoms. The lowest BCUT2D eigenvalue weighted by molar-refractivity contribution is -0.123. The number of rotatable bonds is 3. The lowest BCUT2D eigenvalue weighted by Gasteiger charge is -2.27. The van der Waals surface area contributed by atoms with Gasteiger partial charge in [0.25, 0.3) is 11.5 Å². The van der Waals surface area contributed by atoms with E-state index in [0.29, 0.717) is 6.54 Å². The first-order valence-electron chi connectivity index (χ1n) is 5.96. The van der Waals surface area contributed by atoms with Crippen molar-refractivity contribution in [1.29, 1.82) is 0 Å². The number of carbonyl (C=O) groups excluding carboxylic acids is 1. The largest absolute Gasteiger partial charge is 0.374 e. The number of hydrogen-bond acceptors (Lipinski definition) is 2. The normalized spacial score (nSPS) is 16.1. The molecule has 3 nitrogen and oxygen atoms in total. The molecule has 1 aliphatic heterocycles. The number of hydrogen-bond donors (Lipinski definition) is 1. The van der Waals surface area contributed by atoms with Gasteiger partial charge in [0.1, 0.15) is 0 Å². The van der Waals surface area contributed by atoms with Crippen molar-refractivity contribution in [3.8, 4) is 0 Å². The van der Waals surface area contributed by atoms with E-state index in [-0.39, 0.29) is 0 Å². The Hall–Kier alpha value is -1.29. The van der Waals surface area contributed by atoms with E-state index in [2.05, 4.69) is 23.3 Å². The van der Waals surface area contributed by atoms with Crippen molar-refractivity contribution < 1.29 is 9.18 Å². The molecule has 0 spiro atoms. The highest BCUT2D eigenvalue weighted by molar-refractivity contribution is 6.29. The number of benzene rings is 1. The summed E-state index contributed by atoms with van der Waals surface area (Å²) in [6, 6.07) is 6.05. The van der Waals surface area contributed by atoms with E-state index < -0.39 is 11.5 Å². The van der Waals surface area contributed by atoms with Gasteiger partial charge < -0.3 is 10.2 Å². The van der Waals surface area contributed by atoms with Crippen molar-refractivity contribution in [2.24, 2.45) is 0 Å². The minimum atomic E-state index is -1.98. The third-order valence-corrected chi connectivity index (χ3v) is 3.36. The fraction of sp³-hybridized carbons (Fsp3) is 0.462. The summed E-state index contributed by atoms with van der Waals surface area (Å²) in [4.78, 5) is 13.3. The molecule has 1 heterocycles. The summed E-state index contributed by atoms with van der Waals surface area (Å²) >= 11 is 5.04. The SMILES string of the molecule is CN1CCCc2cc(CNC(=O)C(F)Cl)ccc21. The molecule has 1 unspecified atom stereocenters. The first-order valence-corrected chi connectivity index (χ1v) is 6.40. The van der Waals surface area contributed by atoms with E-state index in [0.717, 1.165) is 24.9 Å². The summed E-state index contributed by atoms with van der Waals surface area (Å²) in [5.74, 6) is -0.786. The maximum Gasteiger partial charge on any atom is 0.270 e. The van der Waals surface area contributed by atoms with Crippen LogP contribution in [0.2, 0.25) is 0 Å². The van der Waals surface area contributed by atoms with Gasteiger partial charge in [-0.25, -0.2) is 4.39 Å². The van der Waals surface area contributed by atoms with Crippen LogP contribution in [0.15, 0.2) is 18.2 Å². The lowest BCUT2D eigenvalue weighted by Crippen LogP contribution is -2.29. The van der Waals surface area contributed by atoms with Crippen LogP contribution in [0.4, 0.5) is 10.1 Å². The van der Waals surface area contributed by atoms with Gasteiger partial charge in [0.15, 0.2) is 0 Å². The van der Waals surface area contributed by atoms with Gasteiger partial charge in [-0.15, -0.1) is 0 Å². The number of nitrogens with one attached hydrogen (secondary N) is 1. The fourth-order valence-corrected chi connectivity index (χ4v) is 2.29. The van der Waals surface area contributed by atoms with E-state index in [1.807, 2.05) is 12.1 Å². The summed E-state index contributed by atoms with van der Waals surface area (Å²) in [5.41, 5.74) is 1.50. The van der Waals surface area contributed by atoms with Crippen molar-refractivity contribution in [3.05, 3.63) is 29.3 Å². The second-order valence-corrected chi connectivity index (χ2v) is 4.89. The van der Waals surface area contributed by atoms with Gasteiger partial charge in [-0.2, -0.15) is 0 Å². The lowest BCUT2D eigenvalue weighted by atomic mass is 9.99. The van der Waals surface area contributed by atoms with Crippen LogP contribution in [0.25, 0.3) is 0 Å². The molecule has 0 aliphatic carbocycles. The third kappa shape index (κ3) is 2.93. The first kappa shape index (κ1) is 13.1. The highest BCUT2D eigenvalue weighted by Crippen LogP contribution is 2.26. The van der Waals surface area contributed by atoms with Gasteiger partial charge in [0.2, 0.25) is 0 Å². The number of anilines is 1. The van der Waals surface area contributed by atoms with Crippen molar-refractivity contribution >= 4 is 23.2 Å². The Bertz CT molecular complexity index is 451. The number of halogens is 2. The quantitative estimate of drug-likeness (QED) is 0.855. The van der Waals surface area contributed by atoms with Gasteiger partial charge >= 0.3 is 0 Å². The van der Waals surface area contributed by atoms with E-state index in [1.54, 1.807) is 0 Å². The van der Waals surface area contributed by atoms with Crippen LogP contribution in [0.3, 0.4) is 0 Å². The van der Waals surface area contributed by atoms with Gasteiger partial charge in [-0.3, -0.25) is 4.79 Å². The second-order valence-electron chi connectivity index (χ2n) is 4.51. The number of nitrogens with zero attached hydrogens (tertiary/aromatic N) is 1. The Balaban J connectivity index is 2.05. The Labute approximate surface area is 111 Å². The average molecular weight is 271 g/mol. The maximum absolute atomic E-state index is 12.5. The zero-order chi connectivity index (χ0) is 13.1. The number of aryl methyl sites for hydroxylation is 1. The summed E-state index contributed by atoms with van der Waals surface area (Å²) in [5, 5.41) is 2.46. The van der Waals surface area contributed by atoms with Crippen LogP contribution in [0, 0.1) is 0 Å². The smallest absolute Gasteiger partial charge is 0.270 e. The average Bonchev–Trinajstić information content (AvgIpc) is 2.36. The molecule has 1 aliphatic rings. The van der Waals surface area contributed by atoms with Gasteiger partial charge in [-0.05, 0) is 30.0 Å². The van der Waals surface area contributed by atoms with Crippen LogP contribution in [-0.2, 0) is 17.8 Å². The fourth-order valence-electron chi connectivity index (χ4n) is 2.21. The Morgan fingerprint density at radius 3 is 3.11 bits per heavy atom. The molecule has 1 aromatic rings. The molecular formula is C13H16ClFN2O. The highest BCUT2D eigenvalue weighted by Gasteiger charge is 2.15. The van der Waals surface area contributed by atoms with E-state index in [9.17, 15) is 9.18 Å². The molecule has 0 fully saturated rings. The predicted octanol–water partition coefficient (Wildman–Crippen LogP) is 2.22. The van der Waals surface area contributed by atoms with E-state index >= 15 is 0 Å². The molecule has 2 rings (SSSR count). The van der Waals surface area contributed by atoms with Crippen molar-refractivity contribution in [2.75, 3.05) is 18.5 Å². The first-order chi connectivity index (χ1) is 8.58. The minimum Gasteiger partial charge on any atom is -0.374 e. The Morgan fingerprint density at radius 2 is 2.39 bits per heavy atom. The van der Waals surface area contributed by atoms with Crippen molar-refractivity contribution in [3.63, 3.8) is 0 Å². The van der Waals surface area contributed by atoms with E-state index in [4.69, 9.17) is 11.6 Å². The molecule has 0 radical (unpaired) electrons. The van der Waals surface area contributed by atoms with Crippen LogP contribution >= 0.6 is 11.6 Å². The van der Waals surface area contributed by atoms with Crippen LogP contribution < -0.4 is 10.2 Å². The van der Waals surface area contributed by atoms with Gasteiger partial charge in [0.05, 0.1) is 0 Å². The van der Waals surface area contributed by atoms with Crippen LogP contribution in [0.1, 0.15) is 17.5 Å². The number of fused-ring (bicyclic) bond motifs is 1. The number of amides is 1. The van der Waals surface area contributed by atoms with Gasteiger partial charge in [0, 0.05) is 25.8 Å². The van der Waals surface area contributed by atoms with Crippen molar-refractivity contribution in [1.82, 2.24) is 5.32 Å². The monoisotopic (exact) mass is 270 g/mol. The maximum atomic E-state index is 12.5. The van der Waals surface area contributed by atoms with E-state index in [1.165, 1.54) is 11.3 Å². The Kier molecular flexibility index (Phi) is 4.07. The summed E-state index contributed by atoms with van der Waals surface area (Å²) in [6.45, 7) is 1.38. The molecule has 18 heavy (non-hydrogen) atoms. The molecule has 98 valence electrons. The molecule has 0 aromatic heterocycles. The summed E-state index contributed by atoms with van der Waals surface area (Å²) in [7, 11) is 2.07. The molecule has 5 heteroatoms. The molecule has 1 N–H and O–H groups in total. The second kappa shape index (κ2) is 5.57. The van der Waals surface area contributed by atoms with Gasteiger partial charge in [-0.1, -0.05) is 23.7 Å². The summed E-state index contributed by atoms with van der Waals surface area (Å²) < 4.78 is 12.5. The van der Waals surface area contributed by atoms with Crippen LogP contribution in [0.5, 0.6) is 0 Å². The Morgan fingerprint density at radius 1 is 1.61 bits per heavy atom. The molecule has 0 saturated carbocycles. The topological polar surface area (TPSA) is 32.3 Å². The zero-order valence-electron chi connectivity index (χ0n) is 10.2. The number of alkyl halides is 2.